The minimum Gasteiger partial charge on any atom is -0.334 e. The molecule has 4 rings (SSSR count). The van der Waals surface area contributed by atoms with Crippen molar-refractivity contribution in [3.8, 4) is 0 Å². The first-order valence-electron chi connectivity index (χ1n) is 8.88. The van der Waals surface area contributed by atoms with Gasteiger partial charge < -0.3 is 15.2 Å². The van der Waals surface area contributed by atoms with Crippen molar-refractivity contribution in [3.05, 3.63) is 60.4 Å². The zero-order chi connectivity index (χ0) is 19.7. The van der Waals surface area contributed by atoms with Crippen LogP contribution in [0, 0.1) is 0 Å². The van der Waals surface area contributed by atoms with E-state index in [1.807, 2.05) is 48.0 Å². The fourth-order valence-corrected chi connectivity index (χ4v) is 3.24. The van der Waals surface area contributed by atoms with Crippen LogP contribution in [-0.2, 0) is 23.2 Å². The number of anilines is 1. The van der Waals surface area contributed by atoms with Crippen LogP contribution < -0.4 is 10.6 Å². The van der Waals surface area contributed by atoms with Crippen LogP contribution in [0.4, 0.5) is 10.5 Å². The van der Waals surface area contributed by atoms with Crippen LogP contribution in [-0.4, -0.2) is 38.3 Å². The van der Waals surface area contributed by atoms with Crippen molar-refractivity contribution in [2.24, 2.45) is 7.05 Å². The molecule has 142 valence electrons. The summed E-state index contributed by atoms with van der Waals surface area (Å²) >= 11 is 0. The SMILES string of the molecule is Cn1cnc2cc(NC(=O)C[C@@H]3NC(=O)N(Cc4ccccc4)C3=O)ccc21. The molecule has 1 aliphatic rings. The maximum Gasteiger partial charge on any atom is 0.325 e. The summed E-state index contributed by atoms with van der Waals surface area (Å²) in [6, 6.07) is 13.3. The van der Waals surface area contributed by atoms with Gasteiger partial charge in [-0.1, -0.05) is 30.3 Å². The summed E-state index contributed by atoms with van der Waals surface area (Å²) in [4.78, 5) is 42.4. The van der Waals surface area contributed by atoms with Gasteiger partial charge >= 0.3 is 6.03 Å². The van der Waals surface area contributed by atoms with Crippen molar-refractivity contribution < 1.29 is 14.4 Å². The number of benzene rings is 2. The summed E-state index contributed by atoms with van der Waals surface area (Å²) in [6.07, 6.45) is 1.57. The fraction of sp³-hybridized carbons (Fsp3) is 0.200. The van der Waals surface area contributed by atoms with E-state index in [2.05, 4.69) is 15.6 Å². The molecule has 1 saturated heterocycles. The van der Waals surface area contributed by atoms with Crippen molar-refractivity contribution in [3.63, 3.8) is 0 Å². The number of carbonyl (C=O) groups is 3. The van der Waals surface area contributed by atoms with Gasteiger partial charge in [0.2, 0.25) is 5.91 Å². The van der Waals surface area contributed by atoms with Gasteiger partial charge in [0.1, 0.15) is 6.04 Å². The topological polar surface area (TPSA) is 96.3 Å². The number of imidazole rings is 1. The number of urea groups is 1. The van der Waals surface area contributed by atoms with Gasteiger partial charge in [-0.05, 0) is 23.8 Å². The number of nitrogens with one attached hydrogen (secondary N) is 2. The maximum atomic E-state index is 12.5. The molecule has 3 aromatic rings. The number of aryl methyl sites for hydroxylation is 1. The zero-order valence-electron chi connectivity index (χ0n) is 15.3. The van der Waals surface area contributed by atoms with Crippen LogP contribution in [0.5, 0.6) is 0 Å². The second-order valence-electron chi connectivity index (χ2n) is 6.72. The summed E-state index contributed by atoms with van der Waals surface area (Å²) in [5.41, 5.74) is 3.15. The smallest absolute Gasteiger partial charge is 0.325 e. The summed E-state index contributed by atoms with van der Waals surface area (Å²) < 4.78 is 1.88. The summed E-state index contributed by atoms with van der Waals surface area (Å²) in [6.45, 7) is 0.181. The number of rotatable bonds is 5. The third-order valence-electron chi connectivity index (χ3n) is 4.69. The van der Waals surface area contributed by atoms with Crippen molar-refractivity contribution in [1.82, 2.24) is 19.8 Å². The molecule has 2 heterocycles. The normalized spacial score (nSPS) is 16.5. The van der Waals surface area contributed by atoms with E-state index in [0.717, 1.165) is 21.5 Å². The number of fused-ring (bicyclic) bond motifs is 1. The summed E-state index contributed by atoms with van der Waals surface area (Å²) in [7, 11) is 1.89. The van der Waals surface area contributed by atoms with Gasteiger partial charge in [-0.15, -0.1) is 0 Å². The van der Waals surface area contributed by atoms with E-state index in [4.69, 9.17) is 0 Å². The Balaban J connectivity index is 1.39. The molecular weight excluding hydrogens is 358 g/mol. The molecule has 0 bridgehead atoms. The van der Waals surface area contributed by atoms with Gasteiger partial charge in [-0.25, -0.2) is 9.78 Å². The van der Waals surface area contributed by atoms with E-state index in [-0.39, 0.29) is 18.9 Å². The first-order chi connectivity index (χ1) is 13.5. The Morgan fingerprint density at radius 3 is 2.75 bits per heavy atom. The summed E-state index contributed by atoms with van der Waals surface area (Å²) in [5.74, 6) is -0.750. The Hall–Kier alpha value is -3.68. The van der Waals surface area contributed by atoms with Crippen LogP contribution >= 0.6 is 0 Å². The lowest BCUT2D eigenvalue weighted by molar-refractivity contribution is -0.130. The fourth-order valence-electron chi connectivity index (χ4n) is 3.24. The third kappa shape index (κ3) is 3.44. The second kappa shape index (κ2) is 7.15. The number of carbonyl (C=O) groups excluding carboxylic acids is 3. The Kier molecular flexibility index (Phi) is 4.52. The largest absolute Gasteiger partial charge is 0.334 e. The number of aromatic nitrogens is 2. The summed E-state index contributed by atoms with van der Waals surface area (Å²) in [5, 5.41) is 5.34. The molecule has 1 atom stereocenters. The lowest BCUT2D eigenvalue weighted by Gasteiger charge is -2.13. The first-order valence-corrected chi connectivity index (χ1v) is 8.88. The first kappa shape index (κ1) is 17.7. The molecule has 1 aromatic heterocycles. The molecule has 0 saturated carbocycles. The molecule has 8 nitrogen and oxygen atoms in total. The molecule has 0 radical (unpaired) electrons. The standard InChI is InChI=1S/C20H19N5O3/c1-24-12-21-15-9-14(7-8-17(15)24)22-18(26)10-16-19(27)25(20(28)23-16)11-13-5-3-2-4-6-13/h2-9,12,16H,10-11H2,1H3,(H,22,26)(H,23,28)/t16-/m0/s1. The maximum absolute atomic E-state index is 12.5. The van der Waals surface area contributed by atoms with E-state index in [0.29, 0.717) is 5.69 Å². The molecule has 0 unspecified atom stereocenters. The third-order valence-corrected chi connectivity index (χ3v) is 4.69. The van der Waals surface area contributed by atoms with Crippen molar-refractivity contribution in [2.45, 2.75) is 19.0 Å². The molecule has 28 heavy (non-hydrogen) atoms. The van der Waals surface area contributed by atoms with Crippen LogP contribution in [0.1, 0.15) is 12.0 Å². The molecule has 1 fully saturated rings. The molecule has 8 heteroatoms. The highest BCUT2D eigenvalue weighted by atomic mass is 16.2. The van der Waals surface area contributed by atoms with Gasteiger partial charge in [0, 0.05) is 12.7 Å². The number of nitrogens with zero attached hydrogens (tertiary/aromatic N) is 3. The quantitative estimate of drug-likeness (QED) is 0.665. The molecule has 1 aliphatic heterocycles. The number of hydrogen-bond acceptors (Lipinski definition) is 4. The van der Waals surface area contributed by atoms with Crippen LogP contribution in [0.2, 0.25) is 0 Å². The number of amides is 4. The highest BCUT2D eigenvalue weighted by Gasteiger charge is 2.38. The minimum absolute atomic E-state index is 0.129. The minimum atomic E-state index is -0.866. The van der Waals surface area contributed by atoms with Crippen LogP contribution in [0.3, 0.4) is 0 Å². The molecule has 2 aromatic carbocycles. The van der Waals surface area contributed by atoms with Gasteiger partial charge in [0.05, 0.1) is 30.3 Å². The van der Waals surface area contributed by atoms with Gasteiger partial charge in [-0.3, -0.25) is 14.5 Å². The molecule has 0 spiro atoms. The highest BCUT2D eigenvalue weighted by Crippen LogP contribution is 2.19. The number of imide groups is 1. The number of hydrogen-bond donors (Lipinski definition) is 2. The average molecular weight is 377 g/mol. The van der Waals surface area contributed by atoms with E-state index < -0.39 is 18.0 Å². The van der Waals surface area contributed by atoms with Gasteiger partial charge in [0.25, 0.3) is 5.91 Å². The predicted molar refractivity (Wildman–Crippen MR) is 103 cm³/mol. The Morgan fingerprint density at radius 1 is 1.18 bits per heavy atom. The molecular formula is C20H19N5O3. The van der Waals surface area contributed by atoms with E-state index in [1.54, 1.807) is 18.5 Å². The Labute approximate surface area is 161 Å². The highest BCUT2D eigenvalue weighted by molar-refractivity contribution is 6.07. The molecule has 4 amide bonds. The van der Waals surface area contributed by atoms with Gasteiger partial charge in [0.15, 0.2) is 0 Å². The van der Waals surface area contributed by atoms with Crippen LogP contribution in [0.15, 0.2) is 54.9 Å². The molecule has 0 aliphatic carbocycles. The van der Waals surface area contributed by atoms with E-state index in [9.17, 15) is 14.4 Å². The van der Waals surface area contributed by atoms with E-state index >= 15 is 0 Å². The Morgan fingerprint density at radius 2 is 1.96 bits per heavy atom. The van der Waals surface area contributed by atoms with Crippen molar-refractivity contribution >= 4 is 34.6 Å². The lowest BCUT2D eigenvalue weighted by atomic mass is 10.1. The van der Waals surface area contributed by atoms with Gasteiger partial charge in [-0.2, -0.15) is 0 Å². The van der Waals surface area contributed by atoms with Crippen molar-refractivity contribution in [1.29, 1.82) is 0 Å². The molecule has 2 N–H and O–H groups in total. The predicted octanol–water partition coefficient (Wildman–Crippen LogP) is 2.02. The zero-order valence-corrected chi connectivity index (χ0v) is 15.3. The Bertz CT molecular complexity index is 1060. The monoisotopic (exact) mass is 377 g/mol. The van der Waals surface area contributed by atoms with E-state index in [1.165, 1.54) is 0 Å². The van der Waals surface area contributed by atoms with Crippen molar-refractivity contribution in [2.75, 3.05) is 5.32 Å². The van der Waals surface area contributed by atoms with Crippen LogP contribution in [0.25, 0.3) is 11.0 Å². The second-order valence-corrected chi connectivity index (χ2v) is 6.72. The average Bonchev–Trinajstić information content (AvgIpc) is 3.17. The lowest BCUT2D eigenvalue weighted by Crippen LogP contribution is -2.34.